The number of hydrogen-bond acceptors (Lipinski definition) is 5. The number of aromatic nitrogens is 3. The van der Waals surface area contributed by atoms with Crippen LogP contribution in [-0.2, 0) is 42.6 Å². The summed E-state index contributed by atoms with van der Waals surface area (Å²) in [6, 6.07) is 9.77. The summed E-state index contributed by atoms with van der Waals surface area (Å²) in [6.45, 7) is 3.18. The summed E-state index contributed by atoms with van der Waals surface area (Å²) in [4.78, 5) is 26.0. The number of carbonyl (C=O) groups is 2. The largest absolute Gasteiger partial charge is 0.364 e. The monoisotopic (exact) mass is 407 g/mol. The second kappa shape index (κ2) is 8.52. The molecule has 0 saturated heterocycles. The third kappa shape index (κ3) is 4.12. The Morgan fingerprint density at radius 2 is 2.03 bits per heavy atom. The van der Waals surface area contributed by atoms with Crippen LogP contribution in [0.1, 0.15) is 35.9 Å². The summed E-state index contributed by atoms with van der Waals surface area (Å²) in [5.41, 5.74) is 5.65. The fourth-order valence-corrected chi connectivity index (χ4v) is 3.87. The summed E-state index contributed by atoms with van der Waals surface area (Å²) < 4.78 is 6.99. The molecule has 8 heteroatoms. The quantitative estimate of drug-likeness (QED) is 0.676. The van der Waals surface area contributed by atoms with Crippen molar-refractivity contribution in [2.45, 2.75) is 39.3 Å². The molecule has 0 unspecified atom stereocenters. The van der Waals surface area contributed by atoms with E-state index in [0.29, 0.717) is 32.5 Å². The Morgan fingerprint density at radius 1 is 1.23 bits per heavy atom. The third-order valence-electron chi connectivity index (χ3n) is 5.54. The molecule has 0 atom stereocenters. The van der Waals surface area contributed by atoms with Gasteiger partial charge in [0.25, 0.3) is 0 Å². The molecule has 156 valence electrons. The number of aryl methyl sites for hydroxylation is 2. The molecule has 30 heavy (non-hydrogen) atoms. The fourth-order valence-electron chi connectivity index (χ4n) is 3.87. The van der Waals surface area contributed by atoms with Crippen LogP contribution in [0.5, 0.6) is 0 Å². The standard InChI is InChI=1S/C22H25N5O3/c1-15(28)27-11-10-20-18(13-27)19(24-26(20)2)12-23-21(29)9-8-17-14-30-25-22(17)16-6-4-3-5-7-16/h3-7,14H,8-13H2,1-2H3,(H,23,29). The highest BCUT2D eigenvalue weighted by molar-refractivity contribution is 5.76. The van der Waals surface area contributed by atoms with Gasteiger partial charge in [-0.2, -0.15) is 5.10 Å². The molecule has 1 aromatic carbocycles. The summed E-state index contributed by atoms with van der Waals surface area (Å²) in [6.07, 6.45) is 3.25. The van der Waals surface area contributed by atoms with Gasteiger partial charge < -0.3 is 14.7 Å². The van der Waals surface area contributed by atoms with Crippen molar-refractivity contribution in [1.29, 1.82) is 0 Å². The molecule has 1 aliphatic heterocycles. The molecule has 0 bridgehead atoms. The van der Waals surface area contributed by atoms with E-state index in [1.165, 1.54) is 0 Å². The van der Waals surface area contributed by atoms with E-state index in [9.17, 15) is 9.59 Å². The normalized spacial score (nSPS) is 13.2. The molecule has 2 aromatic heterocycles. The van der Waals surface area contributed by atoms with Crippen molar-refractivity contribution in [2.24, 2.45) is 7.05 Å². The smallest absolute Gasteiger partial charge is 0.220 e. The van der Waals surface area contributed by atoms with Gasteiger partial charge in [0.2, 0.25) is 11.8 Å². The van der Waals surface area contributed by atoms with Crippen molar-refractivity contribution in [2.75, 3.05) is 6.54 Å². The molecule has 0 saturated carbocycles. The molecule has 1 N–H and O–H groups in total. The Labute approximate surface area is 174 Å². The highest BCUT2D eigenvalue weighted by atomic mass is 16.5. The Morgan fingerprint density at radius 3 is 2.80 bits per heavy atom. The van der Waals surface area contributed by atoms with Gasteiger partial charge in [-0.05, 0) is 6.42 Å². The molecule has 8 nitrogen and oxygen atoms in total. The number of amides is 2. The van der Waals surface area contributed by atoms with E-state index in [2.05, 4.69) is 15.6 Å². The molecular formula is C22H25N5O3. The van der Waals surface area contributed by atoms with Crippen LogP contribution in [0.25, 0.3) is 11.3 Å². The molecule has 0 spiro atoms. The molecule has 0 radical (unpaired) electrons. The predicted octanol–water partition coefficient (Wildman–Crippen LogP) is 2.23. The summed E-state index contributed by atoms with van der Waals surface area (Å²) in [5, 5.41) is 11.6. The van der Waals surface area contributed by atoms with Crippen molar-refractivity contribution in [3.05, 3.63) is 59.1 Å². The van der Waals surface area contributed by atoms with Crippen LogP contribution in [0.15, 0.2) is 41.1 Å². The predicted molar refractivity (Wildman–Crippen MR) is 110 cm³/mol. The molecular weight excluding hydrogens is 382 g/mol. The van der Waals surface area contributed by atoms with Crippen LogP contribution in [0, 0.1) is 0 Å². The van der Waals surface area contributed by atoms with E-state index in [-0.39, 0.29) is 11.8 Å². The molecule has 3 aromatic rings. The van der Waals surface area contributed by atoms with E-state index in [1.54, 1.807) is 13.2 Å². The number of rotatable bonds is 6. The maximum atomic E-state index is 12.4. The number of fused-ring (bicyclic) bond motifs is 1. The number of benzene rings is 1. The van der Waals surface area contributed by atoms with Crippen LogP contribution in [0.2, 0.25) is 0 Å². The molecule has 2 amide bonds. The van der Waals surface area contributed by atoms with Gasteiger partial charge in [0, 0.05) is 62.3 Å². The lowest BCUT2D eigenvalue weighted by Gasteiger charge is -2.26. The summed E-state index contributed by atoms with van der Waals surface area (Å²) >= 11 is 0. The van der Waals surface area contributed by atoms with Crippen molar-refractivity contribution in [3.8, 4) is 11.3 Å². The molecule has 3 heterocycles. The first-order chi connectivity index (χ1) is 14.5. The Hall–Kier alpha value is -3.42. The highest BCUT2D eigenvalue weighted by Gasteiger charge is 2.25. The van der Waals surface area contributed by atoms with Crippen LogP contribution >= 0.6 is 0 Å². The third-order valence-corrected chi connectivity index (χ3v) is 5.54. The Kier molecular flexibility index (Phi) is 5.65. The van der Waals surface area contributed by atoms with Gasteiger partial charge in [0.1, 0.15) is 12.0 Å². The van der Waals surface area contributed by atoms with E-state index < -0.39 is 0 Å². The second-order valence-corrected chi connectivity index (χ2v) is 7.52. The van der Waals surface area contributed by atoms with E-state index in [1.807, 2.05) is 47.0 Å². The van der Waals surface area contributed by atoms with Gasteiger partial charge in [-0.25, -0.2) is 0 Å². The molecule has 4 rings (SSSR count). The topological polar surface area (TPSA) is 93.3 Å². The number of carbonyl (C=O) groups excluding carboxylic acids is 2. The number of hydrogen-bond donors (Lipinski definition) is 1. The van der Waals surface area contributed by atoms with E-state index in [4.69, 9.17) is 4.52 Å². The molecule has 0 aliphatic carbocycles. The van der Waals surface area contributed by atoms with Crippen LogP contribution in [0.3, 0.4) is 0 Å². The average Bonchev–Trinajstić information content (AvgIpc) is 3.35. The molecule has 0 fully saturated rings. The SMILES string of the molecule is CC(=O)N1CCc2c(c(CNC(=O)CCc3conc3-c3ccccc3)nn2C)C1. The Balaban J connectivity index is 1.36. The molecule has 1 aliphatic rings. The Bertz CT molecular complexity index is 1050. The van der Waals surface area contributed by atoms with E-state index >= 15 is 0 Å². The first-order valence-corrected chi connectivity index (χ1v) is 10.1. The summed E-state index contributed by atoms with van der Waals surface area (Å²) in [7, 11) is 1.91. The minimum Gasteiger partial charge on any atom is -0.364 e. The van der Waals surface area contributed by atoms with Crippen molar-refractivity contribution in [3.63, 3.8) is 0 Å². The number of nitrogens with zero attached hydrogens (tertiary/aromatic N) is 4. The zero-order valence-electron chi connectivity index (χ0n) is 17.2. The maximum Gasteiger partial charge on any atom is 0.220 e. The second-order valence-electron chi connectivity index (χ2n) is 7.52. The zero-order chi connectivity index (χ0) is 21.1. The summed E-state index contributed by atoms with van der Waals surface area (Å²) in [5.74, 6) is -0.00345. The lowest BCUT2D eigenvalue weighted by atomic mass is 10.0. The van der Waals surface area contributed by atoms with Gasteiger partial charge in [0.05, 0.1) is 12.2 Å². The van der Waals surface area contributed by atoms with Gasteiger partial charge in [-0.3, -0.25) is 14.3 Å². The minimum absolute atomic E-state index is 0.0578. The van der Waals surface area contributed by atoms with Crippen LogP contribution in [-0.4, -0.2) is 38.2 Å². The number of nitrogens with one attached hydrogen (secondary N) is 1. The van der Waals surface area contributed by atoms with Gasteiger partial charge in [-0.1, -0.05) is 35.5 Å². The lowest BCUT2D eigenvalue weighted by Crippen LogP contribution is -2.35. The van der Waals surface area contributed by atoms with Crippen LogP contribution in [0.4, 0.5) is 0 Å². The maximum absolute atomic E-state index is 12.4. The van der Waals surface area contributed by atoms with Crippen molar-refractivity contribution >= 4 is 11.8 Å². The zero-order valence-corrected chi connectivity index (χ0v) is 17.2. The van der Waals surface area contributed by atoms with Gasteiger partial charge >= 0.3 is 0 Å². The van der Waals surface area contributed by atoms with E-state index in [0.717, 1.165) is 40.2 Å². The highest BCUT2D eigenvalue weighted by Crippen LogP contribution is 2.24. The lowest BCUT2D eigenvalue weighted by molar-refractivity contribution is -0.129. The minimum atomic E-state index is -0.0613. The fraction of sp³-hybridized carbons (Fsp3) is 0.364. The van der Waals surface area contributed by atoms with Gasteiger partial charge in [-0.15, -0.1) is 0 Å². The first kappa shape index (κ1) is 19.9. The van der Waals surface area contributed by atoms with Crippen molar-refractivity contribution < 1.29 is 14.1 Å². The van der Waals surface area contributed by atoms with Crippen LogP contribution < -0.4 is 5.32 Å². The average molecular weight is 407 g/mol. The first-order valence-electron chi connectivity index (χ1n) is 10.1. The van der Waals surface area contributed by atoms with Crippen molar-refractivity contribution in [1.82, 2.24) is 25.2 Å². The van der Waals surface area contributed by atoms with Gasteiger partial charge in [0.15, 0.2) is 0 Å².